The number of phosphoric acid groups is 2. The molecule has 1 rings (SSSR count). The zero-order chi connectivity index (χ0) is 13.2. The normalized spacial score (nSPS) is 8.74. The van der Waals surface area contributed by atoms with Crippen molar-refractivity contribution in [1.29, 1.82) is 0 Å². The molecule has 0 bridgehead atoms. The maximum atomic E-state index is 8.55. The third-order valence-corrected chi connectivity index (χ3v) is 0.667. The molecular formula is C6H6Mg3O8P2. The molecule has 0 aromatic heterocycles. The van der Waals surface area contributed by atoms with Gasteiger partial charge in [-0.1, -0.05) is 36.4 Å². The average molecular weight is 341 g/mol. The van der Waals surface area contributed by atoms with Crippen molar-refractivity contribution in [2.75, 3.05) is 0 Å². The van der Waals surface area contributed by atoms with Gasteiger partial charge < -0.3 is 38.5 Å². The topological polar surface area (TPSA) is 172 Å². The Hall–Kier alpha value is 1.74. The molecule has 0 heterocycles. The maximum absolute atomic E-state index is 8.55. The van der Waals surface area contributed by atoms with Crippen molar-refractivity contribution in [3.05, 3.63) is 36.4 Å². The Morgan fingerprint density at radius 1 is 0.474 bits per heavy atom. The van der Waals surface area contributed by atoms with Crippen LogP contribution in [0.2, 0.25) is 0 Å². The van der Waals surface area contributed by atoms with Crippen molar-refractivity contribution >= 4 is 84.8 Å². The average Bonchev–Trinajstić information content (AvgIpc) is 2.01. The van der Waals surface area contributed by atoms with E-state index in [4.69, 9.17) is 38.5 Å². The first-order valence-corrected chi connectivity index (χ1v) is 6.38. The zero-order valence-corrected chi connectivity index (χ0v) is 15.8. The van der Waals surface area contributed by atoms with Crippen LogP contribution >= 0.6 is 15.6 Å². The van der Waals surface area contributed by atoms with Crippen LogP contribution in [0.3, 0.4) is 0 Å². The molecule has 0 N–H and O–H groups in total. The summed E-state index contributed by atoms with van der Waals surface area (Å²) in [4.78, 5) is 51.3. The molecule has 0 atom stereocenters. The second-order valence-electron chi connectivity index (χ2n) is 2.05. The van der Waals surface area contributed by atoms with Crippen molar-refractivity contribution < 1.29 is 38.5 Å². The molecule has 1 aromatic rings. The van der Waals surface area contributed by atoms with Gasteiger partial charge >= 0.3 is 69.2 Å². The Morgan fingerprint density at radius 3 is 0.579 bits per heavy atom. The van der Waals surface area contributed by atoms with Gasteiger partial charge in [-0.3, -0.25) is 0 Å². The van der Waals surface area contributed by atoms with E-state index >= 15 is 0 Å². The molecule has 0 aliphatic rings. The quantitative estimate of drug-likeness (QED) is 0.333. The van der Waals surface area contributed by atoms with Gasteiger partial charge in [0, 0.05) is 0 Å². The van der Waals surface area contributed by atoms with Gasteiger partial charge in [0.05, 0.1) is 0 Å². The number of hydrogen-bond donors (Lipinski definition) is 0. The Bertz CT molecular complexity index is 290. The summed E-state index contributed by atoms with van der Waals surface area (Å²) in [7, 11) is -10.8. The summed E-state index contributed by atoms with van der Waals surface area (Å²) in [5.74, 6) is 0. The van der Waals surface area contributed by atoms with E-state index in [9.17, 15) is 0 Å². The molecular weight excluding hydrogens is 335 g/mol. The van der Waals surface area contributed by atoms with Gasteiger partial charge in [-0.15, -0.1) is 0 Å². The van der Waals surface area contributed by atoms with Gasteiger partial charge in [0.15, 0.2) is 0 Å². The van der Waals surface area contributed by atoms with Crippen LogP contribution in [0.25, 0.3) is 0 Å². The summed E-state index contributed by atoms with van der Waals surface area (Å²) in [5.41, 5.74) is 0. The molecule has 94 valence electrons. The van der Waals surface area contributed by atoms with Gasteiger partial charge in [0.25, 0.3) is 0 Å². The number of benzene rings is 1. The molecule has 0 radical (unpaired) electrons. The fourth-order valence-electron chi connectivity index (χ4n) is 0.385. The molecule has 13 heteroatoms. The van der Waals surface area contributed by atoms with E-state index in [1.807, 2.05) is 36.4 Å². The van der Waals surface area contributed by atoms with Gasteiger partial charge in [-0.2, -0.15) is 15.6 Å². The van der Waals surface area contributed by atoms with Gasteiger partial charge in [0.2, 0.25) is 0 Å². The van der Waals surface area contributed by atoms with Crippen molar-refractivity contribution in [2.45, 2.75) is 0 Å². The Labute approximate surface area is 158 Å². The predicted octanol–water partition coefficient (Wildman–Crippen LogP) is -5.10. The first-order chi connectivity index (χ1) is 7.00. The zero-order valence-electron chi connectivity index (χ0n) is 9.75. The second kappa shape index (κ2) is 17.8. The molecule has 0 aliphatic heterocycles. The van der Waals surface area contributed by atoms with E-state index in [0.717, 1.165) is 0 Å². The molecule has 0 aliphatic carbocycles. The molecule has 8 nitrogen and oxygen atoms in total. The van der Waals surface area contributed by atoms with Crippen LogP contribution in [0, 0.1) is 0 Å². The smallest absolute Gasteiger partial charge is 0.822 e. The number of rotatable bonds is 0. The molecule has 0 unspecified atom stereocenters. The van der Waals surface area contributed by atoms with Crippen molar-refractivity contribution in [3.63, 3.8) is 0 Å². The molecule has 0 fully saturated rings. The Balaban J connectivity index is -0.0000000482. The standard InChI is InChI=1S/C6H6.3Mg.2H3O4P/c1-2-4-6-5-3-1;;;;2*1-5(2,3)4/h1-6H;;;;2*(H3,1,2,3,4)/q;3*+2;;/p-6. The van der Waals surface area contributed by atoms with Crippen LogP contribution in [-0.2, 0) is 9.13 Å². The first kappa shape index (κ1) is 32.6. The maximum Gasteiger partial charge on any atom is 2.00 e. The van der Waals surface area contributed by atoms with E-state index in [2.05, 4.69) is 0 Å². The minimum atomic E-state index is -5.39. The van der Waals surface area contributed by atoms with Crippen molar-refractivity contribution in [2.24, 2.45) is 0 Å². The van der Waals surface area contributed by atoms with E-state index in [-0.39, 0.29) is 69.2 Å². The van der Waals surface area contributed by atoms with Gasteiger partial charge in [-0.05, 0) is 0 Å². The SMILES string of the molecule is O=P([O-])([O-])[O-].O=P([O-])([O-])[O-].[Mg+2].[Mg+2].[Mg+2].c1ccccc1. The fraction of sp³-hybridized carbons (Fsp3) is 0. The summed E-state index contributed by atoms with van der Waals surface area (Å²) in [6.07, 6.45) is 0. The summed E-state index contributed by atoms with van der Waals surface area (Å²) < 4.78 is 17.1. The molecule has 1 aromatic carbocycles. The summed E-state index contributed by atoms with van der Waals surface area (Å²) in [6.45, 7) is 0. The largest absolute Gasteiger partial charge is 2.00 e. The predicted molar refractivity (Wildman–Crippen MR) is 58.9 cm³/mol. The van der Waals surface area contributed by atoms with E-state index in [1.54, 1.807) is 0 Å². The monoisotopic (exact) mass is 340 g/mol. The molecule has 0 saturated heterocycles. The van der Waals surface area contributed by atoms with Crippen LogP contribution in [0.15, 0.2) is 36.4 Å². The van der Waals surface area contributed by atoms with Crippen molar-refractivity contribution in [1.82, 2.24) is 0 Å². The minimum Gasteiger partial charge on any atom is -0.822 e. The summed E-state index contributed by atoms with van der Waals surface area (Å²) in [5, 5.41) is 0. The third kappa shape index (κ3) is 104. The van der Waals surface area contributed by atoms with E-state index < -0.39 is 15.6 Å². The molecule has 19 heavy (non-hydrogen) atoms. The van der Waals surface area contributed by atoms with Crippen LogP contribution in [0.1, 0.15) is 0 Å². The van der Waals surface area contributed by atoms with Gasteiger partial charge in [0.1, 0.15) is 0 Å². The van der Waals surface area contributed by atoms with Crippen molar-refractivity contribution in [3.8, 4) is 0 Å². The van der Waals surface area contributed by atoms with E-state index in [0.29, 0.717) is 0 Å². The molecule has 0 saturated carbocycles. The third-order valence-electron chi connectivity index (χ3n) is 0.667. The van der Waals surface area contributed by atoms with Gasteiger partial charge in [-0.25, -0.2) is 0 Å². The summed E-state index contributed by atoms with van der Waals surface area (Å²) >= 11 is 0. The Kier molecular flexibility index (Phi) is 30.5. The van der Waals surface area contributed by atoms with E-state index in [1.165, 1.54) is 0 Å². The first-order valence-electron chi connectivity index (χ1n) is 3.46. The Morgan fingerprint density at radius 2 is 0.526 bits per heavy atom. The second-order valence-corrected chi connectivity index (χ2v) is 3.84. The minimum absolute atomic E-state index is 0. The number of hydrogen-bond acceptors (Lipinski definition) is 8. The fourth-order valence-corrected chi connectivity index (χ4v) is 0.385. The van der Waals surface area contributed by atoms with Crippen LogP contribution in [-0.4, -0.2) is 69.2 Å². The summed E-state index contributed by atoms with van der Waals surface area (Å²) in [6, 6.07) is 12.0. The van der Waals surface area contributed by atoms with Crippen LogP contribution in [0.5, 0.6) is 0 Å². The van der Waals surface area contributed by atoms with Crippen LogP contribution < -0.4 is 29.4 Å². The van der Waals surface area contributed by atoms with Crippen LogP contribution in [0.4, 0.5) is 0 Å². The molecule has 0 spiro atoms. The molecule has 0 amide bonds.